The number of hydrogen-bond acceptors (Lipinski definition) is 5. The molecule has 2 aromatic heterocycles. The number of anilines is 4. The summed E-state index contributed by atoms with van der Waals surface area (Å²) in [7, 11) is 0. The number of nitriles is 1. The van der Waals surface area contributed by atoms with Gasteiger partial charge in [-0.25, -0.2) is 4.98 Å². The summed E-state index contributed by atoms with van der Waals surface area (Å²) < 4.78 is 52.5. The Balaban J connectivity index is 1.18. The van der Waals surface area contributed by atoms with Gasteiger partial charge in [0, 0.05) is 46.0 Å². The van der Waals surface area contributed by atoms with Gasteiger partial charge in [-0.1, -0.05) is 117 Å². The number of rotatable bonds is 6. The molecule has 304 valence electrons. The van der Waals surface area contributed by atoms with Crippen LogP contribution >= 0.6 is 0 Å². The fraction of sp³-hybridized carbons (Fsp3) is 0.236. The van der Waals surface area contributed by atoms with Crippen molar-refractivity contribution in [1.29, 1.82) is 5.26 Å². The third-order valence-electron chi connectivity index (χ3n) is 11.7. The third kappa shape index (κ3) is 7.40. The van der Waals surface area contributed by atoms with Crippen LogP contribution in [0.5, 0.6) is 11.5 Å². The third-order valence-corrected chi connectivity index (χ3v) is 11.7. The van der Waals surface area contributed by atoms with Crippen molar-refractivity contribution in [2.75, 3.05) is 16.5 Å². The van der Waals surface area contributed by atoms with Gasteiger partial charge >= 0.3 is 0 Å². The van der Waals surface area contributed by atoms with Crippen molar-refractivity contribution in [3.05, 3.63) is 168 Å². The van der Waals surface area contributed by atoms with Crippen LogP contribution in [0.4, 0.5) is 22.7 Å². The number of benzene rings is 6. The maximum absolute atomic E-state index is 9.82. The van der Waals surface area contributed by atoms with Crippen molar-refractivity contribution in [3.63, 3.8) is 0 Å². The van der Waals surface area contributed by atoms with E-state index in [2.05, 4.69) is 107 Å². The summed E-state index contributed by atoms with van der Waals surface area (Å²) in [5.74, 6) is 2.01. The predicted octanol–water partition coefficient (Wildman–Crippen LogP) is 14.6. The molecule has 9 rings (SSSR count). The zero-order valence-corrected chi connectivity index (χ0v) is 36.3. The van der Waals surface area contributed by atoms with Gasteiger partial charge in [0.2, 0.25) is 0 Å². The summed E-state index contributed by atoms with van der Waals surface area (Å²) in [5, 5.41) is 11.7. The topological polar surface area (TPSA) is 57.3 Å². The first-order chi connectivity index (χ1) is 31.1. The molecule has 61 heavy (non-hydrogen) atoms. The van der Waals surface area contributed by atoms with Gasteiger partial charge in [0.1, 0.15) is 24.0 Å². The lowest BCUT2D eigenvalue weighted by molar-refractivity contribution is 0.483. The number of fused-ring (bicyclic) bond motifs is 4. The maximum Gasteiger partial charge on any atom is 0.137 e. The van der Waals surface area contributed by atoms with Crippen LogP contribution in [0.15, 0.2) is 146 Å². The fourth-order valence-electron chi connectivity index (χ4n) is 8.21. The lowest BCUT2D eigenvalue weighted by atomic mass is 9.80. The predicted molar refractivity (Wildman–Crippen MR) is 253 cm³/mol. The number of hydrogen-bond donors (Lipinski definition) is 0. The number of para-hydroxylation sites is 1. The molecule has 3 heterocycles. The zero-order valence-electron chi connectivity index (χ0n) is 41.3. The number of ether oxygens (including phenoxy) is 1. The molecule has 1 aliphatic heterocycles. The van der Waals surface area contributed by atoms with Crippen molar-refractivity contribution < 1.29 is 11.6 Å². The van der Waals surface area contributed by atoms with Crippen molar-refractivity contribution in [2.45, 2.75) is 78.6 Å². The van der Waals surface area contributed by atoms with E-state index in [-0.39, 0.29) is 46.0 Å². The van der Waals surface area contributed by atoms with E-state index >= 15 is 0 Å². The first-order valence-corrected chi connectivity index (χ1v) is 20.8. The Morgan fingerprint density at radius 1 is 0.623 bits per heavy atom. The quantitative estimate of drug-likeness (QED) is 0.168. The molecular formula is C55H53N5O. The first kappa shape index (κ1) is 33.9. The van der Waals surface area contributed by atoms with Crippen LogP contribution in [-0.2, 0) is 16.2 Å². The van der Waals surface area contributed by atoms with Crippen LogP contribution in [0.1, 0.15) is 91.4 Å². The molecule has 0 bridgehead atoms. The van der Waals surface area contributed by atoms with Crippen molar-refractivity contribution in [2.24, 2.45) is 0 Å². The summed E-state index contributed by atoms with van der Waals surface area (Å²) in [5.41, 5.74) is 9.52. The molecule has 0 unspecified atom stereocenters. The minimum atomic E-state index is -0.426. The zero-order chi connectivity index (χ0) is 47.2. The number of nitrogens with zero attached hydrogens (tertiary/aromatic N) is 5. The minimum Gasteiger partial charge on any atom is -0.457 e. The molecule has 1 aliphatic rings. The molecule has 6 nitrogen and oxygen atoms in total. The summed E-state index contributed by atoms with van der Waals surface area (Å²) in [6.07, 6.45) is 1.85. The highest BCUT2D eigenvalue weighted by Crippen LogP contribution is 2.51. The van der Waals surface area contributed by atoms with Gasteiger partial charge < -0.3 is 14.5 Å². The molecule has 6 heteroatoms. The van der Waals surface area contributed by atoms with Crippen LogP contribution in [-0.4, -0.2) is 16.2 Å². The minimum absolute atomic E-state index is 0.0933. The average molecular weight is 805 g/mol. The van der Waals surface area contributed by atoms with E-state index in [1.54, 1.807) is 0 Å². The van der Waals surface area contributed by atoms with Gasteiger partial charge in [0.05, 0.1) is 40.9 Å². The lowest BCUT2D eigenvalue weighted by Gasteiger charge is -2.30. The lowest BCUT2D eigenvalue weighted by Crippen LogP contribution is -2.25. The first-order valence-electron chi connectivity index (χ1n) is 23.3. The normalized spacial score (nSPS) is 14.3. The molecular weight excluding hydrogens is 747 g/mol. The van der Waals surface area contributed by atoms with E-state index in [0.29, 0.717) is 29.3 Å². The molecule has 0 saturated carbocycles. The molecule has 0 radical (unpaired) electrons. The summed E-state index contributed by atoms with van der Waals surface area (Å²) in [4.78, 5) is 9.22. The van der Waals surface area contributed by atoms with Crippen LogP contribution in [0.25, 0.3) is 38.8 Å². The SMILES string of the molecule is [2H]c1c([2H])c([2H])c(-c2cccc3c2N(c2cc(C(C)(C)C)cc(C(C)(C)C)c2)CN3c2cccc(Oc3ccc4c5cc(C#N)ccc5n(-c5cc(C(C)(C)C)ccn5)c4c3)c2)c([2H])c1[2H]. The highest BCUT2D eigenvalue weighted by molar-refractivity contribution is 6.10. The number of aromatic nitrogens is 2. The molecule has 0 saturated heterocycles. The van der Waals surface area contributed by atoms with Crippen LogP contribution < -0.4 is 14.5 Å². The summed E-state index contributed by atoms with van der Waals surface area (Å²) in [6, 6.07) is 36.9. The van der Waals surface area contributed by atoms with Crippen LogP contribution in [0.3, 0.4) is 0 Å². The summed E-state index contributed by atoms with van der Waals surface area (Å²) >= 11 is 0. The van der Waals surface area contributed by atoms with Gasteiger partial charge in [-0.3, -0.25) is 4.57 Å². The van der Waals surface area contributed by atoms with Crippen molar-refractivity contribution >= 4 is 44.6 Å². The Morgan fingerprint density at radius 2 is 1.33 bits per heavy atom. The standard InChI is InChI=1S/C55H53N5O/c1-53(2,3)38-25-26-57-51(31-38)60-48-24-21-36(34-56)27-47(48)46-23-22-44(33-50(46)60)61-43-18-13-17-41(32-43)58-35-59(42-29-39(54(4,5)6)28-40(30-42)55(7,8)9)52-45(19-14-20-49(52)58)37-15-11-10-12-16-37/h10-33H,35H2,1-9H3/i10D,11D,12D,15D,16D. The van der Waals surface area contributed by atoms with Gasteiger partial charge in [-0.15, -0.1) is 0 Å². The highest BCUT2D eigenvalue weighted by atomic mass is 16.5. The Hall–Kier alpha value is -6.84. The second-order valence-electron chi connectivity index (χ2n) is 19.0. The largest absolute Gasteiger partial charge is 0.457 e. The van der Waals surface area contributed by atoms with E-state index in [0.717, 1.165) is 55.9 Å². The molecule has 0 amide bonds. The smallest absolute Gasteiger partial charge is 0.137 e. The van der Waals surface area contributed by atoms with Crippen molar-refractivity contribution in [1.82, 2.24) is 9.55 Å². The van der Waals surface area contributed by atoms with Gasteiger partial charge in [-0.2, -0.15) is 5.26 Å². The van der Waals surface area contributed by atoms with Gasteiger partial charge in [0.25, 0.3) is 0 Å². The van der Waals surface area contributed by atoms with Gasteiger partial charge in [0.15, 0.2) is 0 Å². The van der Waals surface area contributed by atoms with Gasteiger partial charge in [-0.05, 0) is 111 Å². The van der Waals surface area contributed by atoms with Crippen molar-refractivity contribution in [3.8, 4) is 34.5 Å². The second-order valence-corrected chi connectivity index (χ2v) is 19.0. The highest BCUT2D eigenvalue weighted by Gasteiger charge is 2.33. The molecule has 0 N–H and O–H groups in total. The maximum atomic E-state index is 9.82. The summed E-state index contributed by atoms with van der Waals surface area (Å²) in [6.45, 7) is 20.2. The molecule has 0 atom stereocenters. The molecule has 6 aromatic carbocycles. The van der Waals surface area contributed by atoms with E-state index < -0.39 is 6.04 Å². The van der Waals surface area contributed by atoms with E-state index in [1.807, 2.05) is 91.1 Å². The molecule has 0 aliphatic carbocycles. The molecule has 0 fully saturated rings. The monoisotopic (exact) mass is 804 g/mol. The second kappa shape index (κ2) is 14.7. The Bertz CT molecular complexity index is 3250. The van der Waals surface area contributed by atoms with E-state index in [1.165, 1.54) is 11.1 Å². The Kier molecular flexibility index (Phi) is 8.18. The van der Waals surface area contributed by atoms with E-state index in [4.69, 9.17) is 16.6 Å². The van der Waals surface area contributed by atoms with E-state index in [9.17, 15) is 5.26 Å². The Labute approximate surface area is 367 Å². The fourth-order valence-corrected chi connectivity index (χ4v) is 8.21. The Morgan fingerprint density at radius 3 is 2.03 bits per heavy atom. The van der Waals surface area contributed by atoms with Crippen LogP contribution in [0.2, 0.25) is 0 Å². The molecule has 0 spiro atoms. The van der Waals surface area contributed by atoms with Crippen LogP contribution in [0, 0.1) is 11.3 Å². The molecule has 8 aromatic rings. The number of pyridine rings is 1. The average Bonchev–Trinajstić information content (AvgIpc) is 3.83.